The van der Waals surface area contributed by atoms with Crippen LogP contribution < -0.4 is 10.0 Å². The Morgan fingerprint density at radius 3 is 2.09 bits per heavy atom. The topological polar surface area (TPSA) is 101 Å². The van der Waals surface area contributed by atoms with Crippen LogP contribution in [0.3, 0.4) is 0 Å². The Hall–Kier alpha value is -2.00. The van der Waals surface area contributed by atoms with Crippen molar-refractivity contribution in [2.45, 2.75) is 25.7 Å². The minimum absolute atomic E-state index is 0.00846. The lowest BCUT2D eigenvalue weighted by Gasteiger charge is -2.10. The van der Waals surface area contributed by atoms with Gasteiger partial charge in [0.1, 0.15) is 0 Å². The van der Waals surface area contributed by atoms with Gasteiger partial charge in [-0.2, -0.15) is 0 Å². The number of carbonyl (C=O) groups excluding carboxylic acids is 1. The summed E-state index contributed by atoms with van der Waals surface area (Å²) in [4.78, 5) is 19.2. The largest absolute Gasteiger partial charge is 0.326 e. The molecule has 0 aliphatic carbocycles. The van der Waals surface area contributed by atoms with Crippen LogP contribution in [0.5, 0.6) is 0 Å². The van der Waals surface area contributed by atoms with Gasteiger partial charge in [-0.05, 0) is 54.0 Å². The number of carbonyl (C=O) groups is 1. The van der Waals surface area contributed by atoms with Crippen LogP contribution in [0.25, 0.3) is 0 Å². The van der Waals surface area contributed by atoms with Crippen LogP contribution in [-0.2, 0) is 14.8 Å². The van der Waals surface area contributed by atoms with Gasteiger partial charge in [-0.1, -0.05) is 0 Å². The predicted octanol–water partition coefficient (Wildman–Crippen LogP) is 2.62. The van der Waals surface area contributed by atoms with E-state index in [-0.39, 0.29) is 16.8 Å². The number of hydrogen-bond donors (Lipinski definition) is 2. The predicted molar refractivity (Wildman–Crippen MR) is 90.8 cm³/mol. The Balaban J connectivity index is 2.27. The highest BCUT2D eigenvalue weighted by atomic mass is 79.9. The molecule has 0 aliphatic rings. The van der Waals surface area contributed by atoms with Crippen molar-refractivity contribution in [1.29, 1.82) is 0 Å². The third kappa shape index (κ3) is 4.26. The first-order valence-corrected chi connectivity index (χ1v) is 8.88. The average molecular weight is 399 g/mol. The molecule has 0 spiro atoms. The Morgan fingerprint density at radius 2 is 1.61 bits per heavy atom. The number of nitrogens with zero attached hydrogens (tertiary/aromatic N) is 2. The molecule has 0 fully saturated rings. The number of anilines is 2. The number of amides is 1. The lowest BCUT2D eigenvalue weighted by Crippen LogP contribution is -2.16. The molecule has 0 unspecified atom stereocenters. The fourth-order valence-electron chi connectivity index (χ4n) is 1.85. The minimum atomic E-state index is -3.81. The second-order valence-corrected chi connectivity index (χ2v) is 7.32. The summed E-state index contributed by atoms with van der Waals surface area (Å²) < 4.78 is 27.8. The molecule has 0 bridgehead atoms. The van der Waals surface area contributed by atoms with Crippen molar-refractivity contribution < 1.29 is 13.2 Å². The maximum atomic E-state index is 12.4. The van der Waals surface area contributed by atoms with E-state index in [0.717, 1.165) is 4.47 Å². The minimum Gasteiger partial charge on any atom is -0.326 e. The molecular weight excluding hydrogens is 384 g/mol. The SMILES string of the molecule is CC(=O)Nc1ccc(S(=O)(=O)Nc2nc(C)c(Br)c(C)n2)cc1. The molecule has 0 saturated carbocycles. The number of halogens is 1. The number of nitrogens with one attached hydrogen (secondary N) is 2. The highest BCUT2D eigenvalue weighted by molar-refractivity contribution is 9.10. The second kappa shape index (κ2) is 6.63. The van der Waals surface area contributed by atoms with Gasteiger partial charge in [0.2, 0.25) is 11.9 Å². The first-order valence-electron chi connectivity index (χ1n) is 6.60. The number of benzene rings is 1. The van der Waals surface area contributed by atoms with Crippen LogP contribution in [0.1, 0.15) is 18.3 Å². The number of hydrogen-bond acceptors (Lipinski definition) is 5. The molecule has 1 amide bonds. The number of sulfonamides is 1. The Kier molecular flexibility index (Phi) is 5.00. The Morgan fingerprint density at radius 1 is 1.09 bits per heavy atom. The summed E-state index contributed by atoms with van der Waals surface area (Å²) >= 11 is 3.33. The van der Waals surface area contributed by atoms with Gasteiger partial charge in [-0.15, -0.1) is 0 Å². The van der Waals surface area contributed by atoms with E-state index in [0.29, 0.717) is 17.1 Å². The van der Waals surface area contributed by atoms with E-state index in [1.54, 1.807) is 13.8 Å². The van der Waals surface area contributed by atoms with Crippen LogP contribution >= 0.6 is 15.9 Å². The molecule has 9 heteroatoms. The van der Waals surface area contributed by atoms with Gasteiger partial charge in [-0.3, -0.25) is 4.79 Å². The molecule has 23 heavy (non-hydrogen) atoms. The van der Waals surface area contributed by atoms with Crippen LogP contribution in [-0.4, -0.2) is 24.3 Å². The van der Waals surface area contributed by atoms with Crippen molar-refractivity contribution in [2.75, 3.05) is 10.0 Å². The maximum Gasteiger partial charge on any atom is 0.264 e. The zero-order valence-corrected chi connectivity index (χ0v) is 15.1. The van der Waals surface area contributed by atoms with Gasteiger partial charge in [0.05, 0.1) is 20.8 Å². The summed E-state index contributed by atoms with van der Waals surface area (Å²) in [6.07, 6.45) is 0. The van der Waals surface area contributed by atoms with Gasteiger partial charge < -0.3 is 5.32 Å². The Bertz CT molecular complexity index is 828. The van der Waals surface area contributed by atoms with Crippen LogP contribution in [0, 0.1) is 13.8 Å². The lowest BCUT2D eigenvalue weighted by atomic mass is 10.3. The quantitative estimate of drug-likeness (QED) is 0.823. The summed E-state index contributed by atoms with van der Waals surface area (Å²) in [6.45, 7) is 4.87. The molecule has 7 nitrogen and oxygen atoms in total. The van der Waals surface area contributed by atoms with E-state index in [1.165, 1.54) is 31.2 Å². The van der Waals surface area contributed by atoms with Crippen molar-refractivity contribution >= 4 is 43.5 Å². The van der Waals surface area contributed by atoms with Gasteiger partial charge in [0, 0.05) is 12.6 Å². The summed E-state index contributed by atoms with van der Waals surface area (Å²) in [7, 11) is -3.81. The third-order valence-corrected chi connectivity index (χ3v) is 5.38. The van der Waals surface area contributed by atoms with Gasteiger partial charge in [0.15, 0.2) is 0 Å². The van der Waals surface area contributed by atoms with E-state index in [9.17, 15) is 13.2 Å². The van der Waals surface area contributed by atoms with Crippen molar-refractivity contribution in [2.24, 2.45) is 0 Å². The normalized spacial score (nSPS) is 11.1. The molecule has 0 saturated heterocycles. The van der Waals surface area contributed by atoms with Crippen LogP contribution in [0.15, 0.2) is 33.6 Å². The van der Waals surface area contributed by atoms with Gasteiger partial charge in [0.25, 0.3) is 10.0 Å². The highest BCUT2D eigenvalue weighted by Crippen LogP contribution is 2.21. The van der Waals surface area contributed by atoms with Crippen LogP contribution in [0.2, 0.25) is 0 Å². The third-order valence-electron chi connectivity index (χ3n) is 2.89. The van der Waals surface area contributed by atoms with Crippen molar-refractivity contribution in [1.82, 2.24) is 9.97 Å². The molecule has 0 aliphatic heterocycles. The standard InChI is InChI=1S/C14H15BrN4O3S/c1-8-13(15)9(2)17-14(16-8)19-23(21,22)12-6-4-11(5-7-12)18-10(3)20/h4-7H,1-3H3,(H,18,20)(H,16,17,19). The van der Waals surface area contributed by atoms with E-state index >= 15 is 0 Å². The average Bonchev–Trinajstić information content (AvgIpc) is 2.44. The van der Waals surface area contributed by atoms with E-state index < -0.39 is 10.0 Å². The summed E-state index contributed by atoms with van der Waals surface area (Å²) in [5.74, 6) is -0.220. The second-order valence-electron chi connectivity index (χ2n) is 4.84. The molecular formula is C14H15BrN4O3S. The first-order chi connectivity index (χ1) is 10.7. The zero-order valence-electron chi connectivity index (χ0n) is 12.7. The van der Waals surface area contributed by atoms with Gasteiger partial charge >= 0.3 is 0 Å². The maximum absolute atomic E-state index is 12.4. The number of rotatable bonds is 4. The lowest BCUT2D eigenvalue weighted by molar-refractivity contribution is -0.114. The fraction of sp³-hybridized carbons (Fsp3) is 0.214. The Labute approximate surface area is 142 Å². The first kappa shape index (κ1) is 17.4. The molecule has 2 N–H and O–H groups in total. The molecule has 2 aromatic rings. The molecule has 0 radical (unpaired) electrons. The summed E-state index contributed by atoms with van der Waals surface area (Å²) in [5.41, 5.74) is 1.79. The van der Waals surface area contributed by atoms with E-state index in [4.69, 9.17) is 0 Å². The van der Waals surface area contributed by atoms with Crippen LogP contribution in [0.4, 0.5) is 11.6 Å². The number of aromatic nitrogens is 2. The monoisotopic (exact) mass is 398 g/mol. The summed E-state index contributed by atoms with van der Waals surface area (Å²) in [6, 6.07) is 5.81. The smallest absolute Gasteiger partial charge is 0.264 e. The highest BCUT2D eigenvalue weighted by Gasteiger charge is 2.17. The molecule has 1 heterocycles. The molecule has 2 rings (SSSR count). The van der Waals surface area contributed by atoms with Gasteiger partial charge in [-0.25, -0.2) is 23.1 Å². The van der Waals surface area contributed by atoms with Crippen molar-refractivity contribution in [3.8, 4) is 0 Å². The van der Waals surface area contributed by atoms with Crippen molar-refractivity contribution in [3.05, 3.63) is 40.1 Å². The van der Waals surface area contributed by atoms with E-state index in [2.05, 4.69) is 35.9 Å². The fourth-order valence-corrected chi connectivity index (χ4v) is 2.97. The van der Waals surface area contributed by atoms with Crippen molar-refractivity contribution in [3.63, 3.8) is 0 Å². The van der Waals surface area contributed by atoms with E-state index in [1.807, 2.05) is 0 Å². The molecule has 122 valence electrons. The molecule has 1 aromatic carbocycles. The molecule has 1 aromatic heterocycles. The zero-order chi connectivity index (χ0) is 17.2. The summed E-state index contributed by atoms with van der Waals surface area (Å²) in [5, 5.41) is 2.57. The molecule has 0 atom stereocenters. The number of aryl methyl sites for hydroxylation is 2.